The minimum atomic E-state index is -0.607. The van der Waals surface area contributed by atoms with Crippen LogP contribution in [0.5, 0.6) is 11.5 Å². The molecule has 0 heterocycles. The highest BCUT2D eigenvalue weighted by atomic mass is 19.1. The van der Waals surface area contributed by atoms with E-state index < -0.39 is 5.82 Å². The summed E-state index contributed by atoms with van der Waals surface area (Å²) in [5.41, 5.74) is -0.0368. The second kappa shape index (κ2) is 4.60. The van der Waals surface area contributed by atoms with Crippen LogP contribution in [0.3, 0.4) is 0 Å². The molecule has 0 spiro atoms. The summed E-state index contributed by atoms with van der Waals surface area (Å²) >= 11 is 0. The molecule has 0 aromatic heterocycles. The average Bonchev–Trinajstić information content (AvgIpc) is 2.19. The highest BCUT2D eigenvalue weighted by molar-refractivity contribution is 5.76. The quantitative estimate of drug-likeness (QED) is 0.694. The number of rotatable bonds is 4. The number of methoxy groups -OCH3 is 1. The van der Waals surface area contributed by atoms with Gasteiger partial charge in [0.25, 0.3) is 0 Å². The first kappa shape index (κ1) is 10.5. The van der Waals surface area contributed by atoms with Gasteiger partial charge in [0.05, 0.1) is 19.3 Å². The molecule has 3 nitrogen and oxygen atoms in total. The molecule has 0 atom stereocenters. The van der Waals surface area contributed by atoms with Gasteiger partial charge in [-0.25, -0.2) is 4.39 Å². The minimum Gasteiger partial charge on any atom is -0.493 e. The third-order valence-electron chi connectivity index (χ3n) is 1.71. The van der Waals surface area contributed by atoms with Crippen LogP contribution in [0.4, 0.5) is 4.39 Å². The molecular formula is C10H11FO3. The summed E-state index contributed by atoms with van der Waals surface area (Å²) in [6.07, 6.45) is 0.438. The van der Waals surface area contributed by atoms with Crippen molar-refractivity contribution in [1.29, 1.82) is 0 Å². The SMILES string of the molecule is CCOc1cc(F)c(C=O)cc1OC. The normalized spacial score (nSPS) is 9.64. The van der Waals surface area contributed by atoms with Crippen LogP contribution in [-0.2, 0) is 0 Å². The van der Waals surface area contributed by atoms with E-state index in [1.807, 2.05) is 0 Å². The lowest BCUT2D eigenvalue weighted by molar-refractivity contribution is 0.111. The van der Waals surface area contributed by atoms with E-state index in [-0.39, 0.29) is 5.56 Å². The van der Waals surface area contributed by atoms with Crippen LogP contribution >= 0.6 is 0 Å². The maximum Gasteiger partial charge on any atom is 0.164 e. The Morgan fingerprint density at radius 2 is 2.14 bits per heavy atom. The topological polar surface area (TPSA) is 35.5 Å². The standard InChI is InChI=1S/C10H11FO3/c1-3-14-10-5-8(11)7(6-12)4-9(10)13-2/h4-6H,3H2,1-2H3. The average molecular weight is 198 g/mol. The first-order chi connectivity index (χ1) is 6.72. The summed E-state index contributed by atoms with van der Waals surface area (Å²) < 4.78 is 23.2. The largest absolute Gasteiger partial charge is 0.493 e. The molecule has 0 radical (unpaired) electrons. The molecule has 1 rings (SSSR count). The van der Waals surface area contributed by atoms with Gasteiger partial charge in [0.1, 0.15) is 5.82 Å². The van der Waals surface area contributed by atoms with E-state index in [0.717, 1.165) is 6.07 Å². The van der Waals surface area contributed by atoms with Crippen molar-refractivity contribution >= 4 is 6.29 Å². The van der Waals surface area contributed by atoms with Crippen molar-refractivity contribution in [2.75, 3.05) is 13.7 Å². The van der Waals surface area contributed by atoms with Gasteiger partial charge in [0.15, 0.2) is 17.8 Å². The number of halogens is 1. The van der Waals surface area contributed by atoms with Gasteiger partial charge in [-0.1, -0.05) is 0 Å². The summed E-state index contributed by atoms with van der Waals surface area (Å²) in [4.78, 5) is 10.4. The summed E-state index contributed by atoms with van der Waals surface area (Å²) in [5.74, 6) is 0.0534. The van der Waals surface area contributed by atoms with Crippen molar-refractivity contribution < 1.29 is 18.7 Å². The third-order valence-corrected chi connectivity index (χ3v) is 1.71. The summed E-state index contributed by atoms with van der Waals surface area (Å²) in [6, 6.07) is 2.46. The monoisotopic (exact) mass is 198 g/mol. The molecule has 76 valence electrons. The Morgan fingerprint density at radius 1 is 1.43 bits per heavy atom. The van der Waals surface area contributed by atoms with Gasteiger partial charge in [0.2, 0.25) is 0 Å². The van der Waals surface area contributed by atoms with Crippen LogP contribution in [0, 0.1) is 5.82 Å². The zero-order chi connectivity index (χ0) is 10.6. The molecule has 0 aliphatic heterocycles. The Labute approximate surface area is 81.4 Å². The maximum absolute atomic E-state index is 13.1. The minimum absolute atomic E-state index is 0.0368. The van der Waals surface area contributed by atoms with E-state index >= 15 is 0 Å². The van der Waals surface area contributed by atoms with Gasteiger partial charge >= 0.3 is 0 Å². The molecule has 0 bridgehead atoms. The van der Waals surface area contributed by atoms with Crippen molar-refractivity contribution in [3.05, 3.63) is 23.5 Å². The van der Waals surface area contributed by atoms with Gasteiger partial charge in [-0.15, -0.1) is 0 Å². The second-order valence-corrected chi connectivity index (χ2v) is 2.58. The van der Waals surface area contributed by atoms with E-state index in [2.05, 4.69) is 0 Å². The lowest BCUT2D eigenvalue weighted by Crippen LogP contribution is -1.98. The van der Waals surface area contributed by atoms with Crippen molar-refractivity contribution in [3.63, 3.8) is 0 Å². The number of carbonyl (C=O) groups excluding carboxylic acids is 1. The van der Waals surface area contributed by atoms with Crippen molar-refractivity contribution in [2.45, 2.75) is 6.92 Å². The molecule has 4 heteroatoms. The highest BCUT2D eigenvalue weighted by Gasteiger charge is 2.10. The van der Waals surface area contributed by atoms with Gasteiger partial charge < -0.3 is 9.47 Å². The molecule has 0 unspecified atom stereocenters. The Bertz CT molecular complexity index is 336. The fraction of sp³-hybridized carbons (Fsp3) is 0.300. The number of aldehydes is 1. The number of ether oxygens (including phenoxy) is 2. The molecule has 14 heavy (non-hydrogen) atoms. The van der Waals surface area contributed by atoms with Crippen molar-refractivity contribution in [2.24, 2.45) is 0 Å². The van der Waals surface area contributed by atoms with Crippen LogP contribution in [-0.4, -0.2) is 20.0 Å². The molecule has 0 amide bonds. The van der Waals surface area contributed by atoms with E-state index in [1.54, 1.807) is 6.92 Å². The number of hydrogen-bond acceptors (Lipinski definition) is 3. The molecule has 0 aliphatic rings. The fourth-order valence-corrected chi connectivity index (χ4v) is 1.07. The lowest BCUT2D eigenvalue weighted by Gasteiger charge is -2.09. The summed E-state index contributed by atoms with van der Waals surface area (Å²) in [7, 11) is 1.43. The Balaban J connectivity index is 3.16. The van der Waals surface area contributed by atoms with E-state index in [0.29, 0.717) is 24.4 Å². The van der Waals surface area contributed by atoms with E-state index in [9.17, 15) is 9.18 Å². The number of benzene rings is 1. The Morgan fingerprint density at radius 3 is 2.64 bits per heavy atom. The third kappa shape index (κ3) is 2.02. The number of carbonyl (C=O) groups is 1. The van der Waals surface area contributed by atoms with Crippen LogP contribution in [0.25, 0.3) is 0 Å². The first-order valence-electron chi connectivity index (χ1n) is 4.18. The van der Waals surface area contributed by atoms with E-state index in [1.165, 1.54) is 13.2 Å². The molecule has 0 fully saturated rings. The van der Waals surface area contributed by atoms with Crippen LogP contribution in [0.2, 0.25) is 0 Å². The van der Waals surface area contributed by atoms with Gasteiger partial charge in [-0.3, -0.25) is 4.79 Å². The van der Waals surface area contributed by atoms with Gasteiger partial charge in [0, 0.05) is 6.07 Å². The Hall–Kier alpha value is -1.58. The highest BCUT2D eigenvalue weighted by Crippen LogP contribution is 2.29. The molecule has 1 aromatic carbocycles. The van der Waals surface area contributed by atoms with E-state index in [4.69, 9.17) is 9.47 Å². The summed E-state index contributed by atoms with van der Waals surface area (Å²) in [6.45, 7) is 2.20. The van der Waals surface area contributed by atoms with Crippen LogP contribution in [0.1, 0.15) is 17.3 Å². The molecule has 0 aliphatic carbocycles. The molecule has 0 N–H and O–H groups in total. The van der Waals surface area contributed by atoms with Crippen LogP contribution < -0.4 is 9.47 Å². The zero-order valence-electron chi connectivity index (χ0n) is 8.04. The predicted molar refractivity (Wildman–Crippen MR) is 49.5 cm³/mol. The van der Waals surface area contributed by atoms with Crippen molar-refractivity contribution in [3.8, 4) is 11.5 Å². The predicted octanol–water partition coefficient (Wildman–Crippen LogP) is 2.05. The van der Waals surface area contributed by atoms with Crippen LogP contribution in [0.15, 0.2) is 12.1 Å². The summed E-state index contributed by atoms with van der Waals surface area (Å²) in [5, 5.41) is 0. The van der Waals surface area contributed by atoms with Crippen molar-refractivity contribution in [1.82, 2.24) is 0 Å². The molecule has 1 aromatic rings. The Kier molecular flexibility index (Phi) is 3.45. The van der Waals surface area contributed by atoms with Gasteiger partial charge in [-0.05, 0) is 13.0 Å². The fourth-order valence-electron chi connectivity index (χ4n) is 1.07. The zero-order valence-corrected chi connectivity index (χ0v) is 8.04. The molecule has 0 saturated carbocycles. The smallest absolute Gasteiger partial charge is 0.164 e. The number of hydrogen-bond donors (Lipinski definition) is 0. The molecular weight excluding hydrogens is 187 g/mol. The second-order valence-electron chi connectivity index (χ2n) is 2.58. The first-order valence-corrected chi connectivity index (χ1v) is 4.18. The maximum atomic E-state index is 13.1. The lowest BCUT2D eigenvalue weighted by atomic mass is 10.2. The van der Waals surface area contributed by atoms with Gasteiger partial charge in [-0.2, -0.15) is 0 Å². The molecule has 0 saturated heterocycles.